The number of benzene rings is 1. The van der Waals surface area contributed by atoms with E-state index in [0.29, 0.717) is 13.0 Å². The highest BCUT2D eigenvalue weighted by atomic mass is 16.5. The van der Waals surface area contributed by atoms with Crippen LogP contribution >= 0.6 is 0 Å². The van der Waals surface area contributed by atoms with Crippen molar-refractivity contribution in [2.24, 2.45) is 5.73 Å². The Kier molecular flexibility index (Phi) is 3.79. The molecule has 0 radical (unpaired) electrons. The predicted octanol–water partition coefficient (Wildman–Crippen LogP) is 1.61. The second-order valence-corrected chi connectivity index (χ2v) is 4.52. The molecule has 1 aromatic rings. The summed E-state index contributed by atoms with van der Waals surface area (Å²) in [5, 5.41) is 0. The normalized spacial score (nSPS) is 15.4. The smallest absolute Gasteiger partial charge is 0.323 e. The number of ether oxygens (including phenoxy) is 1. The van der Waals surface area contributed by atoms with Crippen LogP contribution in [0.15, 0.2) is 18.2 Å². The van der Waals surface area contributed by atoms with Crippen molar-refractivity contribution in [2.45, 2.75) is 38.6 Å². The Labute approximate surface area is 102 Å². The molecule has 3 heteroatoms. The van der Waals surface area contributed by atoms with Gasteiger partial charge in [-0.2, -0.15) is 0 Å². The van der Waals surface area contributed by atoms with Crippen LogP contribution in [0.2, 0.25) is 0 Å². The molecular weight excluding hydrogens is 214 g/mol. The highest BCUT2D eigenvalue weighted by molar-refractivity contribution is 5.75. The van der Waals surface area contributed by atoms with Crippen molar-refractivity contribution in [3.63, 3.8) is 0 Å². The fourth-order valence-corrected chi connectivity index (χ4v) is 2.34. The van der Waals surface area contributed by atoms with E-state index in [9.17, 15) is 4.79 Å². The van der Waals surface area contributed by atoms with Gasteiger partial charge in [-0.1, -0.05) is 18.2 Å². The molecule has 1 aromatic carbocycles. The van der Waals surface area contributed by atoms with Crippen LogP contribution in [0.1, 0.15) is 30.0 Å². The fourth-order valence-electron chi connectivity index (χ4n) is 2.34. The molecule has 0 unspecified atom stereocenters. The first-order valence-corrected chi connectivity index (χ1v) is 6.23. The second-order valence-electron chi connectivity index (χ2n) is 4.52. The van der Waals surface area contributed by atoms with Gasteiger partial charge in [-0.3, -0.25) is 4.79 Å². The Balaban J connectivity index is 2.01. The van der Waals surface area contributed by atoms with E-state index in [4.69, 9.17) is 10.5 Å². The van der Waals surface area contributed by atoms with Gasteiger partial charge in [-0.25, -0.2) is 0 Å². The number of fused-ring (bicyclic) bond motifs is 1. The fraction of sp³-hybridized carbons (Fsp3) is 0.500. The summed E-state index contributed by atoms with van der Waals surface area (Å²) >= 11 is 0. The Morgan fingerprint density at radius 1 is 1.41 bits per heavy atom. The van der Waals surface area contributed by atoms with Gasteiger partial charge in [0, 0.05) is 0 Å². The van der Waals surface area contributed by atoms with Gasteiger partial charge >= 0.3 is 5.97 Å². The van der Waals surface area contributed by atoms with Crippen LogP contribution in [-0.2, 0) is 28.8 Å². The molecule has 3 nitrogen and oxygen atoms in total. The van der Waals surface area contributed by atoms with Crippen molar-refractivity contribution in [3.05, 3.63) is 34.9 Å². The summed E-state index contributed by atoms with van der Waals surface area (Å²) in [6.07, 6.45) is 4.13. The summed E-state index contributed by atoms with van der Waals surface area (Å²) < 4.78 is 4.90. The average Bonchev–Trinajstić information content (AvgIpc) is 2.76. The zero-order chi connectivity index (χ0) is 12.3. The van der Waals surface area contributed by atoms with E-state index in [0.717, 1.165) is 12.0 Å². The number of nitrogens with two attached hydrogens (primary N) is 1. The summed E-state index contributed by atoms with van der Waals surface area (Å²) in [4.78, 5) is 11.4. The van der Waals surface area contributed by atoms with E-state index in [2.05, 4.69) is 18.2 Å². The van der Waals surface area contributed by atoms with Crippen molar-refractivity contribution >= 4 is 5.97 Å². The van der Waals surface area contributed by atoms with E-state index in [1.165, 1.54) is 24.0 Å². The minimum atomic E-state index is -0.547. The standard InChI is InChI=1S/C14H19NO2/c1-2-17-14(16)13(15)9-10-6-7-11-4-3-5-12(11)8-10/h6-8,13H,2-5,9,15H2,1H3/t13-/m0/s1. The van der Waals surface area contributed by atoms with Gasteiger partial charge in [0.1, 0.15) is 6.04 Å². The Bertz CT molecular complexity index is 415. The molecule has 0 bridgehead atoms. The third-order valence-electron chi connectivity index (χ3n) is 3.21. The monoisotopic (exact) mass is 233 g/mol. The molecule has 92 valence electrons. The summed E-state index contributed by atoms with van der Waals surface area (Å²) in [7, 11) is 0. The molecule has 0 fully saturated rings. The van der Waals surface area contributed by atoms with Gasteiger partial charge in [0.05, 0.1) is 6.61 Å². The summed E-state index contributed by atoms with van der Waals surface area (Å²) in [5.74, 6) is -0.312. The minimum absolute atomic E-state index is 0.312. The largest absolute Gasteiger partial charge is 0.465 e. The SMILES string of the molecule is CCOC(=O)[C@@H](N)Cc1ccc2c(c1)CCC2. The Hall–Kier alpha value is -1.35. The van der Waals surface area contributed by atoms with Crippen LogP contribution in [0.25, 0.3) is 0 Å². The molecule has 2 rings (SSSR count). The quantitative estimate of drug-likeness (QED) is 0.804. The molecular formula is C14H19NO2. The molecule has 0 aromatic heterocycles. The van der Waals surface area contributed by atoms with Crippen molar-refractivity contribution in [3.8, 4) is 0 Å². The van der Waals surface area contributed by atoms with E-state index in [1.54, 1.807) is 6.92 Å². The van der Waals surface area contributed by atoms with Crippen molar-refractivity contribution in [1.82, 2.24) is 0 Å². The number of carbonyl (C=O) groups is 1. The van der Waals surface area contributed by atoms with Crippen molar-refractivity contribution < 1.29 is 9.53 Å². The molecule has 0 amide bonds. The first-order chi connectivity index (χ1) is 8.20. The average molecular weight is 233 g/mol. The lowest BCUT2D eigenvalue weighted by molar-refractivity contribution is -0.144. The van der Waals surface area contributed by atoms with Crippen molar-refractivity contribution in [1.29, 1.82) is 0 Å². The predicted molar refractivity (Wildman–Crippen MR) is 66.8 cm³/mol. The maximum Gasteiger partial charge on any atom is 0.323 e. The van der Waals surface area contributed by atoms with Gasteiger partial charge in [-0.15, -0.1) is 0 Å². The number of aryl methyl sites for hydroxylation is 2. The van der Waals surface area contributed by atoms with E-state index >= 15 is 0 Å². The van der Waals surface area contributed by atoms with Crippen molar-refractivity contribution in [2.75, 3.05) is 6.61 Å². The molecule has 0 spiro atoms. The first kappa shape index (κ1) is 12.1. The Morgan fingerprint density at radius 3 is 2.94 bits per heavy atom. The lowest BCUT2D eigenvalue weighted by atomic mass is 10.0. The summed E-state index contributed by atoms with van der Waals surface area (Å²) in [6.45, 7) is 2.18. The van der Waals surface area contributed by atoms with E-state index < -0.39 is 6.04 Å². The van der Waals surface area contributed by atoms with Crippen LogP contribution < -0.4 is 5.73 Å². The second kappa shape index (κ2) is 5.32. The number of hydrogen-bond donors (Lipinski definition) is 1. The maximum absolute atomic E-state index is 11.4. The number of rotatable bonds is 4. The topological polar surface area (TPSA) is 52.3 Å². The van der Waals surface area contributed by atoms with E-state index in [1.807, 2.05) is 0 Å². The highest BCUT2D eigenvalue weighted by Crippen LogP contribution is 2.23. The van der Waals surface area contributed by atoms with Crippen LogP contribution in [0.4, 0.5) is 0 Å². The van der Waals surface area contributed by atoms with Crippen LogP contribution in [0.3, 0.4) is 0 Å². The molecule has 2 N–H and O–H groups in total. The van der Waals surface area contributed by atoms with Gasteiger partial charge < -0.3 is 10.5 Å². The van der Waals surface area contributed by atoms with Crippen LogP contribution in [-0.4, -0.2) is 18.6 Å². The molecule has 0 saturated carbocycles. The number of esters is 1. The molecule has 0 aliphatic heterocycles. The van der Waals surface area contributed by atoms with Gasteiger partial charge in [0.2, 0.25) is 0 Å². The minimum Gasteiger partial charge on any atom is -0.465 e. The summed E-state index contributed by atoms with van der Waals surface area (Å²) in [6, 6.07) is 5.87. The lowest BCUT2D eigenvalue weighted by Crippen LogP contribution is -2.34. The molecule has 0 saturated heterocycles. The molecule has 1 atom stereocenters. The van der Waals surface area contributed by atoms with Crippen LogP contribution in [0.5, 0.6) is 0 Å². The number of hydrogen-bond acceptors (Lipinski definition) is 3. The maximum atomic E-state index is 11.4. The third kappa shape index (κ3) is 2.86. The lowest BCUT2D eigenvalue weighted by Gasteiger charge is -2.11. The molecule has 17 heavy (non-hydrogen) atoms. The molecule has 1 aliphatic rings. The molecule has 1 aliphatic carbocycles. The summed E-state index contributed by atoms with van der Waals surface area (Å²) in [5.41, 5.74) is 9.80. The van der Waals surface area contributed by atoms with Gasteiger partial charge in [-0.05, 0) is 49.3 Å². The van der Waals surface area contributed by atoms with Gasteiger partial charge in [0.25, 0.3) is 0 Å². The molecule has 0 heterocycles. The highest BCUT2D eigenvalue weighted by Gasteiger charge is 2.17. The zero-order valence-corrected chi connectivity index (χ0v) is 10.2. The van der Waals surface area contributed by atoms with Gasteiger partial charge in [0.15, 0.2) is 0 Å². The first-order valence-electron chi connectivity index (χ1n) is 6.23. The number of carbonyl (C=O) groups excluding carboxylic acids is 1. The zero-order valence-electron chi connectivity index (χ0n) is 10.2. The Morgan fingerprint density at radius 2 is 2.18 bits per heavy atom. The van der Waals surface area contributed by atoms with Crippen LogP contribution in [0, 0.1) is 0 Å². The van der Waals surface area contributed by atoms with E-state index in [-0.39, 0.29) is 5.97 Å². The third-order valence-corrected chi connectivity index (χ3v) is 3.21.